The highest BCUT2D eigenvalue weighted by molar-refractivity contribution is 7.99. The SMILES string of the molecule is Nc1nc(Cl)cc(Sc2nnc(-c3ccncc3)n2-c2ccc(Cl)cc2)n1. The third-order valence-electron chi connectivity index (χ3n) is 3.54. The van der Waals surface area contributed by atoms with Crippen LogP contribution in [0.15, 0.2) is 65.0 Å². The van der Waals surface area contributed by atoms with Crippen LogP contribution in [-0.4, -0.2) is 29.7 Å². The molecular weight excluding hydrogens is 405 g/mol. The molecule has 1 aromatic carbocycles. The summed E-state index contributed by atoms with van der Waals surface area (Å²) < 4.78 is 1.91. The molecule has 0 saturated heterocycles. The van der Waals surface area contributed by atoms with Crippen molar-refractivity contribution in [3.05, 3.63) is 65.0 Å². The molecule has 0 spiro atoms. The zero-order valence-corrected chi connectivity index (χ0v) is 15.9. The van der Waals surface area contributed by atoms with Gasteiger partial charge in [-0.15, -0.1) is 10.2 Å². The van der Waals surface area contributed by atoms with Crippen LogP contribution in [0.2, 0.25) is 10.2 Å². The van der Waals surface area contributed by atoms with Crippen LogP contribution < -0.4 is 5.73 Å². The van der Waals surface area contributed by atoms with Crippen LogP contribution in [0, 0.1) is 0 Å². The number of benzene rings is 1. The number of halogens is 2. The summed E-state index contributed by atoms with van der Waals surface area (Å²) in [6, 6.07) is 12.7. The average molecular weight is 416 g/mol. The van der Waals surface area contributed by atoms with Gasteiger partial charge in [-0.05, 0) is 48.2 Å². The normalized spacial score (nSPS) is 10.9. The maximum atomic E-state index is 6.03. The summed E-state index contributed by atoms with van der Waals surface area (Å²) in [5.74, 6) is 0.757. The standard InChI is InChI=1S/C17H11Cl2N7S/c18-11-1-3-12(4-2-11)26-15(10-5-7-21-8-6-10)24-25-17(26)27-14-9-13(19)22-16(20)23-14/h1-9H,(H2,20,22,23). The van der Waals surface area contributed by atoms with Crippen LogP contribution in [0.1, 0.15) is 0 Å². The average Bonchev–Trinajstić information content (AvgIpc) is 3.06. The second-order valence-electron chi connectivity index (χ2n) is 5.34. The van der Waals surface area contributed by atoms with Crippen molar-refractivity contribution < 1.29 is 0 Å². The van der Waals surface area contributed by atoms with Crippen LogP contribution in [0.25, 0.3) is 17.1 Å². The molecule has 4 rings (SSSR count). The lowest BCUT2D eigenvalue weighted by Gasteiger charge is -2.10. The van der Waals surface area contributed by atoms with Crippen molar-refractivity contribution in [2.45, 2.75) is 10.2 Å². The summed E-state index contributed by atoms with van der Waals surface area (Å²) in [5, 5.41) is 10.7. The van der Waals surface area contributed by atoms with Gasteiger partial charge in [0.2, 0.25) is 11.1 Å². The van der Waals surface area contributed by atoms with Crippen LogP contribution in [-0.2, 0) is 0 Å². The Morgan fingerprint density at radius 2 is 1.67 bits per heavy atom. The van der Waals surface area contributed by atoms with E-state index in [0.29, 0.717) is 21.0 Å². The van der Waals surface area contributed by atoms with Crippen molar-refractivity contribution in [2.75, 3.05) is 5.73 Å². The minimum atomic E-state index is 0.0944. The van der Waals surface area contributed by atoms with Gasteiger partial charge < -0.3 is 5.73 Å². The molecule has 4 aromatic rings. The highest BCUT2D eigenvalue weighted by Gasteiger charge is 2.18. The highest BCUT2D eigenvalue weighted by atomic mass is 35.5. The molecule has 0 fully saturated rings. The number of aromatic nitrogens is 6. The van der Waals surface area contributed by atoms with E-state index in [1.165, 1.54) is 11.8 Å². The Kier molecular flexibility index (Phi) is 4.93. The Morgan fingerprint density at radius 1 is 0.926 bits per heavy atom. The maximum Gasteiger partial charge on any atom is 0.222 e. The van der Waals surface area contributed by atoms with Gasteiger partial charge in [-0.3, -0.25) is 9.55 Å². The molecule has 134 valence electrons. The number of nitrogens with two attached hydrogens (primary N) is 1. The second-order valence-corrected chi connectivity index (χ2v) is 7.15. The highest BCUT2D eigenvalue weighted by Crippen LogP contribution is 2.32. The van der Waals surface area contributed by atoms with Crippen LogP contribution in [0.3, 0.4) is 0 Å². The molecule has 0 amide bonds. The molecule has 0 aliphatic heterocycles. The number of anilines is 1. The molecule has 0 unspecified atom stereocenters. The van der Waals surface area contributed by atoms with Crippen molar-refractivity contribution in [3.8, 4) is 17.1 Å². The van der Waals surface area contributed by atoms with E-state index in [1.54, 1.807) is 30.6 Å². The summed E-state index contributed by atoms with van der Waals surface area (Å²) in [5.41, 5.74) is 7.42. The summed E-state index contributed by atoms with van der Waals surface area (Å²) in [6.45, 7) is 0. The third-order valence-corrected chi connectivity index (χ3v) is 4.85. The lowest BCUT2D eigenvalue weighted by molar-refractivity contribution is 0.882. The van der Waals surface area contributed by atoms with Gasteiger partial charge in [0.25, 0.3) is 0 Å². The lowest BCUT2D eigenvalue weighted by Crippen LogP contribution is -2.00. The molecule has 0 bridgehead atoms. The van der Waals surface area contributed by atoms with Gasteiger partial charge >= 0.3 is 0 Å². The Balaban J connectivity index is 1.84. The molecule has 0 saturated carbocycles. The van der Waals surface area contributed by atoms with Gasteiger partial charge in [-0.1, -0.05) is 23.2 Å². The summed E-state index contributed by atoms with van der Waals surface area (Å²) in [4.78, 5) is 12.1. The Morgan fingerprint density at radius 3 is 2.37 bits per heavy atom. The number of rotatable bonds is 4. The fraction of sp³-hybridized carbons (Fsp3) is 0. The van der Waals surface area contributed by atoms with Gasteiger partial charge in [0, 0.05) is 34.7 Å². The lowest BCUT2D eigenvalue weighted by atomic mass is 10.2. The first-order valence-electron chi connectivity index (χ1n) is 7.70. The number of nitrogens with zero attached hydrogens (tertiary/aromatic N) is 6. The molecule has 3 heterocycles. The van der Waals surface area contributed by atoms with E-state index in [-0.39, 0.29) is 11.1 Å². The van der Waals surface area contributed by atoms with E-state index in [2.05, 4.69) is 25.1 Å². The van der Waals surface area contributed by atoms with Crippen molar-refractivity contribution in [3.63, 3.8) is 0 Å². The fourth-order valence-corrected chi connectivity index (χ4v) is 3.65. The summed E-state index contributed by atoms with van der Waals surface area (Å²) in [6.07, 6.45) is 3.40. The van der Waals surface area contributed by atoms with E-state index in [1.807, 2.05) is 28.8 Å². The van der Waals surface area contributed by atoms with Gasteiger partial charge in [0.15, 0.2) is 5.82 Å². The van der Waals surface area contributed by atoms with E-state index in [4.69, 9.17) is 28.9 Å². The second kappa shape index (κ2) is 7.51. The van der Waals surface area contributed by atoms with Crippen molar-refractivity contribution >= 4 is 40.9 Å². The topological polar surface area (TPSA) is 95.4 Å². The number of hydrogen-bond donors (Lipinski definition) is 1. The molecule has 0 aliphatic carbocycles. The molecule has 3 aromatic heterocycles. The minimum absolute atomic E-state index is 0.0944. The van der Waals surface area contributed by atoms with Crippen LogP contribution in [0.5, 0.6) is 0 Å². The molecular formula is C17H11Cl2N7S. The van der Waals surface area contributed by atoms with Crippen molar-refractivity contribution in [2.24, 2.45) is 0 Å². The first kappa shape index (κ1) is 17.7. The summed E-state index contributed by atoms with van der Waals surface area (Å²) in [7, 11) is 0. The van der Waals surface area contributed by atoms with Crippen molar-refractivity contribution in [1.29, 1.82) is 0 Å². The largest absolute Gasteiger partial charge is 0.368 e. The number of hydrogen-bond acceptors (Lipinski definition) is 7. The Hall–Kier alpha value is -2.68. The van der Waals surface area contributed by atoms with Gasteiger partial charge in [0.1, 0.15) is 10.2 Å². The van der Waals surface area contributed by atoms with E-state index < -0.39 is 0 Å². The first-order chi connectivity index (χ1) is 13.1. The zero-order valence-electron chi connectivity index (χ0n) is 13.6. The van der Waals surface area contributed by atoms with Gasteiger partial charge in [-0.25, -0.2) is 9.97 Å². The molecule has 10 heteroatoms. The van der Waals surface area contributed by atoms with E-state index in [9.17, 15) is 0 Å². The van der Waals surface area contributed by atoms with Crippen molar-refractivity contribution in [1.82, 2.24) is 29.7 Å². The van der Waals surface area contributed by atoms with Crippen LogP contribution in [0.4, 0.5) is 5.95 Å². The minimum Gasteiger partial charge on any atom is -0.368 e. The molecule has 27 heavy (non-hydrogen) atoms. The maximum absolute atomic E-state index is 6.03. The number of pyridine rings is 1. The van der Waals surface area contributed by atoms with Gasteiger partial charge in [-0.2, -0.15) is 0 Å². The van der Waals surface area contributed by atoms with E-state index >= 15 is 0 Å². The summed E-state index contributed by atoms with van der Waals surface area (Å²) >= 11 is 13.3. The fourth-order valence-electron chi connectivity index (χ4n) is 2.41. The molecule has 7 nitrogen and oxygen atoms in total. The third kappa shape index (κ3) is 3.87. The monoisotopic (exact) mass is 415 g/mol. The predicted octanol–water partition coefficient (Wildman–Crippen LogP) is 4.16. The smallest absolute Gasteiger partial charge is 0.222 e. The number of nitrogen functional groups attached to an aromatic ring is 1. The molecule has 0 radical (unpaired) electrons. The molecule has 0 aliphatic rings. The molecule has 0 atom stereocenters. The van der Waals surface area contributed by atoms with Crippen LogP contribution >= 0.6 is 35.0 Å². The quantitative estimate of drug-likeness (QED) is 0.499. The Bertz CT molecular complexity index is 1060. The van der Waals surface area contributed by atoms with Gasteiger partial charge in [0.05, 0.1) is 0 Å². The molecule has 2 N–H and O–H groups in total. The zero-order chi connectivity index (χ0) is 18.8. The first-order valence-corrected chi connectivity index (χ1v) is 9.27. The predicted molar refractivity (Wildman–Crippen MR) is 105 cm³/mol. The Labute approximate surface area is 168 Å². The van der Waals surface area contributed by atoms with E-state index in [0.717, 1.165) is 11.3 Å².